The molecule has 0 bridgehead atoms. The van der Waals surface area contributed by atoms with E-state index in [1.54, 1.807) is 11.8 Å². The van der Waals surface area contributed by atoms with E-state index in [2.05, 4.69) is 52.6 Å². The number of para-hydroxylation sites is 1. The zero-order chi connectivity index (χ0) is 17.1. The van der Waals surface area contributed by atoms with Crippen molar-refractivity contribution in [3.05, 3.63) is 66.7 Å². The third kappa shape index (κ3) is 3.60. The Hall–Kier alpha value is -2.57. The fraction of sp³-hybridized carbons (Fsp3) is 0.0526. The fourth-order valence-corrected chi connectivity index (χ4v) is 3.86. The minimum absolute atomic E-state index is 0.503. The molecular formula is C19H16N4S2. The second-order valence-electron chi connectivity index (χ2n) is 5.55. The van der Waals surface area contributed by atoms with Crippen LogP contribution in [0.25, 0.3) is 10.8 Å². The van der Waals surface area contributed by atoms with Crippen LogP contribution in [-0.2, 0) is 0 Å². The summed E-state index contributed by atoms with van der Waals surface area (Å²) in [6.07, 6.45) is 0. The number of benzene rings is 3. The van der Waals surface area contributed by atoms with Gasteiger partial charge in [0.1, 0.15) is 5.84 Å². The number of thiocarbonyl (C=S) groups is 1. The summed E-state index contributed by atoms with van der Waals surface area (Å²) in [6.45, 7) is 0. The Morgan fingerprint density at radius 2 is 1.76 bits per heavy atom. The summed E-state index contributed by atoms with van der Waals surface area (Å²) in [4.78, 5) is 5.94. The zero-order valence-electron chi connectivity index (χ0n) is 13.3. The highest BCUT2D eigenvalue weighted by atomic mass is 32.2. The molecule has 0 radical (unpaired) electrons. The molecule has 0 amide bonds. The van der Waals surface area contributed by atoms with Crippen molar-refractivity contribution in [2.45, 2.75) is 4.90 Å². The van der Waals surface area contributed by atoms with Gasteiger partial charge in [-0.05, 0) is 41.2 Å². The molecule has 4 nitrogen and oxygen atoms in total. The van der Waals surface area contributed by atoms with Crippen molar-refractivity contribution in [2.24, 2.45) is 4.99 Å². The van der Waals surface area contributed by atoms with Gasteiger partial charge in [-0.25, -0.2) is 4.99 Å². The van der Waals surface area contributed by atoms with Gasteiger partial charge in [-0.1, -0.05) is 48.5 Å². The van der Waals surface area contributed by atoms with E-state index in [4.69, 9.17) is 17.2 Å². The van der Waals surface area contributed by atoms with Crippen LogP contribution in [0.2, 0.25) is 0 Å². The molecule has 3 aromatic carbocycles. The van der Waals surface area contributed by atoms with Crippen LogP contribution in [0.15, 0.2) is 76.6 Å². The summed E-state index contributed by atoms with van der Waals surface area (Å²) in [6, 6.07) is 22.4. The highest BCUT2D eigenvalue weighted by molar-refractivity contribution is 8.00. The van der Waals surface area contributed by atoms with Gasteiger partial charge in [0.2, 0.25) is 0 Å². The summed E-state index contributed by atoms with van der Waals surface area (Å²) in [5, 5.41) is 6.12. The molecular weight excluding hydrogens is 348 g/mol. The first-order chi connectivity index (χ1) is 12.3. The lowest BCUT2D eigenvalue weighted by Gasteiger charge is -2.19. The van der Waals surface area contributed by atoms with Crippen molar-refractivity contribution in [1.82, 2.24) is 10.9 Å². The molecule has 0 atom stereocenters. The number of aliphatic imine (C=N–C) groups is 1. The SMILES string of the molecule is S=C(NNC1=Nc2ccc3ccccc3c2SC1)Nc1ccccc1. The first-order valence-corrected chi connectivity index (χ1v) is 9.29. The Bertz CT molecular complexity index is 954. The van der Waals surface area contributed by atoms with Crippen LogP contribution in [0, 0.1) is 0 Å². The molecule has 0 saturated heterocycles. The van der Waals surface area contributed by atoms with Crippen LogP contribution in [0.3, 0.4) is 0 Å². The average molecular weight is 364 g/mol. The highest BCUT2D eigenvalue weighted by Gasteiger charge is 2.15. The number of thioether (sulfide) groups is 1. The van der Waals surface area contributed by atoms with Gasteiger partial charge in [0.25, 0.3) is 0 Å². The van der Waals surface area contributed by atoms with Gasteiger partial charge in [0.05, 0.1) is 11.4 Å². The van der Waals surface area contributed by atoms with E-state index >= 15 is 0 Å². The number of rotatable bonds is 1. The number of nitrogens with one attached hydrogen (secondary N) is 3. The Labute approximate surface area is 155 Å². The quantitative estimate of drug-likeness (QED) is 0.439. The normalized spacial score (nSPS) is 12.9. The summed E-state index contributed by atoms with van der Waals surface area (Å²) in [5.74, 6) is 1.62. The molecule has 1 aliphatic rings. The molecule has 0 unspecified atom stereocenters. The predicted molar refractivity (Wildman–Crippen MR) is 111 cm³/mol. The van der Waals surface area contributed by atoms with Crippen LogP contribution < -0.4 is 16.2 Å². The Kier molecular flexibility index (Phi) is 4.54. The molecule has 3 aromatic rings. The number of hydrogen-bond donors (Lipinski definition) is 3. The van der Waals surface area contributed by atoms with Gasteiger partial charge in [0.15, 0.2) is 5.11 Å². The predicted octanol–water partition coefficient (Wildman–Crippen LogP) is 4.47. The van der Waals surface area contributed by atoms with E-state index in [9.17, 15) is 0 Å². The lowest BCUT2D eigenvalue weighted by molar-refractivity contribution is 0.869. The summed E-state index contributed by atoms with van der Waals surface area (Å²) in [7, 11) is 0. The maximum absolute atomic E-state index is 5.30. The lowest BCUT2D eigenvalue weighted by atomic mass is 10.1. The fourth-order valence-electron chi connectivity index (χ4n) is 2.67. The maximum Gasteiger partial charge on any atom is 0.189 e. The minimum Gasteiger partial charge on any atom is -0.331 e. The van der Waals surface area contributed by atoms with Crippen molar-refractivity contribution >= 4 is 57.1 Å². The van der Waals surface area contributed by atoms with Crippen molar-refractivity contribution < 1.29 is 0 Å². The topological polar surface area (TPSA) is 48.5 Å². The number of hydrogen-bond acceptors (Lipinski definition) is 4. The monoisotopic (exact) mass is 364 g/mol. The molecule has 6 heteroatoms. The third-order valence-electron chi connectivity index (χ3n) is 3.82. The second kappa shape index (κ2) is 7.13. The third-order valence-corrected chi connectivity index (χ3v) is 5.16. The van der Waals surface area contributed by atoms with Crippen LogP contribution in [0.1, 0.15) is 0 Å². The Morgan fingerprint density at radius 1 is 0.960 bits per heavy atom. The van der Waals surface area contributed by atoms with Crippen molar-refractivity contribution in [2.75, 3.05) is 11.1 Å². The molecule has 25 heavy (non-hydrogen) atoms. The molecule has 1 aliphatic heterocycles. The molecule has 0 aromatic heterocycles. The summed E-state index contributed by atoms with van der Waals surface area (Å²) >= 11 is 7.08. The smallest absolute Gasteiger partial charge is 0.189 e. The van der Waals surface area contributed by atoms with Crippen LogP contribution in [0.5, 0.6) is 0 Å². The summed E-state index contributed by atoms with van der Waals surface area (Å²) < 4.78 is 0. The Morgan fingerprint density at radius 3 is 2.64 bits per heavy atom. The van der Waals surface area contributed by atoms with Gasteiger partial charge in [-0.2, -0.15) is 0 Å². The molecule has 0 spiro atoms. The van der Waals surface area contributed by atoms with E-state index in [1.165, 1.54) is 15.7 Å². The lowest BCUT2D eigenvalue weighted by Crippen LogP contribution is -2.44. The largest absolute Gasteiger partial charge is 0.331 e. The van der Waals surface area contributed by atoms with Crippen LogP contribution in [0.4, 0.5) is 11.4 Å². The molecule has 0 fully saturated rings. The molecule has 4 rings (SSSR count). The first-order valence-electron chi connectivity index (χ1n) is 7.90. The van der Waals surface area contributed by atoms with Crippen molar-refractivity contribution in [3.63, 3.8) is 0 Å². The van der Waals surface area contributed by atoms with Gasteiger partial charge >= 0.3 is 0 Å². The number of nitrogens with zero attached hydrogens (tertiary/aromatic N) is 1. The van der Waals surface area contributed by atoms with E-state index in [0.29, 0.717) is 5.11 Å². The van der Waals surface area contributed by atoms with Crippen molar-refractivity contribution in [1.29, 1.82) is 0 Å². The number of amidine groups is 1. The molecule has 124 valence electrons. The van der Waals surface area contributed by atoms with E-state index in [-0.39, 0.29) is 0 Å². The molecule has 0 saturated carbocycles. The number of hydrazine groups is 1. The number of anilines is 1. The standard InChI is InChI=1S/C19H16N4S2/c24-19(20-14-7-2-1-3-8-14)23-22-17-12-25-18-15-9-5-4-6-13(15)10-11-16(18)21-17/h1-11H,12H2,(H,21,22)(H2,20,23,24). The van der Waals surface area contributed by atoms with Gasteiger partial charge in [0, 0.05) is 10.6 Å². The molecule has 3 N–H and O–H groups in total. The van der Waals surface area contributed by atoms with Crippen LogP contribution in [-0.4, -0.2) is 16.7 Å². The van der Waals surface area contributed by atoms with Crippen LogP contribution >= 0.6 is 24.0 Å². The first kappa shape index (κ1) is 15.9. The van der Waals surface area contributed by atoms with E-state index < -0.39 is 0 Å². The minimum atomic E-state index is 0.503. The van der Waals surface area contributed by atoms with E-state index in [0.717, 1.165) is 23.0 Å². The van der Waals surface area contributed by atoms with Crippen molar-refractivity contribution in [3.8, 4) is 0 Å². The summed E-state index contributed by atoms with van der Waals surface area (Å²) in [5.41, 5.74) is 8.03. The number of fused-ring (bicyclic) bond motifs is 3. The Balaban J connectivity index is 1.45. The zero-order valence-corrected chi connectivity index (χ0v) is 15.0. The van der Waals surface area contributed by atoms with Gasteiger partial charge in [-0.3, -0.25) is 10.9 Å². The molecule has 0 aliphatic carbocycles. The average Bonchev–Trinajstić information content (AvgIpc) is 2.67. The van der Waals surface area contributed by atoms with E-state index in [1.807, 2.05) is 30.3 Å². The maximum atomic E-state index is 5.30. The highest BCUT2D eigenvalue weighted by Crippen LogP contribution is 2.39. The second-order valence-corrected chi connectivity index (χ2v) is 6.95. The van der Waals surface area contributed by atoms with Gasteiger partial charge in [-0.15, -0.1) is 11.8 Å². The molecule has 1 heterocycles. The van der Waals surface area contributed by atoms with Gasteiger partial charge < -0.3 is 5.32 Å².